The second-order valence-electron chi connectivity index (χ2n) is 6.57. The van der Waals surface area contributed by atoms with Crippen molar-refractivity contribution >= 4 is 23.6 Å². The molecule has 4 rings (SSSR count). The zero-order valence-electron chi connectivity index (χ0n) is 13.5. The van der Waals surface area contributed by atoms with Gasteiger partial charge in [-0.05, 0) is 37.6 Å². The van der Waals surface area contributed by atoms with Gasteiger partial charge in [-0.15, -0.1) is 11.8 Å². The average Bonchev–Trinajstić information content (AvgIpc) is 3.22. The van der Waals surface area contributed by atoms with Gasteiger partial charge in [-0.1, -0.05) is 18.2 Å². The van der Waals surface area contributed by atoms with Crippen LogP contribution in [0, 0.1) is 0 Å². The third-order valence-corrected chi connectivity index (χ3v) is 6.10. The van der Waals surface area contributed by atoms with E-state index in [4.69, 9.17) is 4.42 Å². The highest BCUT2D eigenvalue weighted by molar-refractivity contribution is 8.01. The maximum absolute atomic E-state index is 12.8. The van der Waals surface area contributed by atoms with Gasteiger partial charge in [-0.2, -0.15) is 0 Å². The highest BCUT2D eigenvalue weighted by Crippen LogP contribution is 2.56. The fourth-order valence-electron chi connectivity index (χ4n) is 3.49. The van der Waals surface area contributed by atoms with Crippen LogP contribution in [0.15, 0.2) is 47.1 Å². The minimum absolute atomic E-state index is 0.0631. The Morgan fingerprint density at radius 3 is 2.83 bits per heavy atom. The van der Waals surface area contributed by atoms with Gasteiger partial charge in [0.25, 0.3) is 5.91 Å². The molecule has 1 N–H and O–H groups in total. The first-order valence-electron chi connectivity index (χ1n) is 7.88. The molecule has 2 aliphatic heterocycles. The topological polar surface area (TPSA) is 62.6 Å². The Morgan fingerprint density at radius 2 is 2.08 bits per heavy atom. The quantitative estimate of drug-likeness (QED) is 0.931. The molecule has 0 bridgehead atoms. The van der Waals surface area contributed by atoms with Gasteiger partial charge in [0.05, 0.1) is 12.8 Å². The normalized spacial score (nSPS) is 23.9. The van der Waals surface area contributed by atoms with Crippen LogP contribution in [0.5, 0.6) is 0 Å². The number of nitrogens with one attached hydrogen (secondary N) is 1. The van der Waals surface area contributed by atoms with Gasteiger partial charge in [-0.3, -0.25) is 9.59 Å². The summed E-state index contributed by atoms with van der Waals surface area (Å²) >= 11 is 1.67. The van der Waals surface area contributed by atoms with E-state index >= 15 is 0 Å². The van der Waals surface area contributed by atoms with Crippen LogP contribution in [0.2, 0.25) is 0 Å². The first-order chi connectivity index (χ1) is 11.5. The molecular formula is C18H18N2O3S. The van der Waals surface area contributed by atoms with E-state index in [1.54, 1.807) is 29.0 Å². The monoisotopic (exact) mass is 342 g/mol. The van der Waals surface area contributed by atoms with Gasteiger partial charge in [0.1, 0.15) is 17.2 Å². The van der Waals surface area contributed by atoms with Gasteiger partial charge in [0, 0.05) is 10.3 Å². The Morgan fingerprint density at radius 1 is 1.29 bits per heavy atom. The van der Waals surface area contributed by atoms with E-state index in [0.29, 0.717) is 17.9 Å². The zero-order valence-corrected chi connectivity index (χ0v) is 14.3. The first-order valence-corrected chi connectivity index (χ1v) is 8.76. The number of thioether (sulfide) groups is 1. The highest BCUT2D eigenvalue weighted by Gasteiger charge is 2.57. The molecule has 3 heterocycles. The summed E-state index contributed by atoms with van der Waals surface area (Å²) in [5.74, 6) is 0.485. The lowest BCUT2D eigenvalue weighted by molar-refractivity contribution is -0.126. The van der Waals surface area contributed by atoms with Gasteiger partial charge < -0.3 is 14.6 Å². The molecule has 5 nitrogen and oxygen atoms in total. The van der Waals surface area contributed by atoms with Crippen molar-refractivity contribution in [2.24, 2.45) is 0 Å². The van der Waals surface area contributed by atoms with Gasteiger partial charge in [0.2, 0.25) is 5.91 Å². The lowest BCUT2D eigenvalue weighted by Crippen LogP contribution is -2.52. The number of hydrogen-bond acceptors (Lipinski definition) is 4. The van der Waals surface area contributed by atoms with E-state index in [9.17, 15) is 9.59 Å². The van der Waals surface area contributed by atoms with Gasteiger partial charge in [-0.25, -0.2) is 0 Å². The molecule has 0 aliphatic carbocycles. The summed E-state index contributed by atoms with van der Waals surface area (Å²) in [5.41, 5.74) is 1.70. The predicted octanol–water partition coefficient (Wildman–Crippen LogP) is 2.94. The SMILES string of the molecule is CC1(C)S[C@@H]2c3ccccc3C(=O)N2[C@H]1C(=O)NCc1ccco1. The molecule has 0 unspecified atom stereocenters. The van der Waals surface area contributed by atoms with Crippen LogP contribution in [0.25, 0.3) is 0 Å². The second kappa shape index (κ2) is 5.41. The standard InChI is InChI=1S/C18H18N2O3S/c1-18(2)14(15(21)19-10-11-6-5-9-23-11)20-16(22)12-7-3-4-8-13(12)17(20)24-18/h3-9,14,17H,10H2,1-2H3,(H,19,21)/t14-,17+/m0/s1. The van der Waals surface area contributed by atoms with E-state index in [1.807, 2.05) is 44.2 Å². The minimum atomic E-state index is -0.512. The van der Waals surface area contributed by atoms with Crippen molar-refractivity contribution in [3.05, 3.63) is 59.5 Å². The second-order valence-corrected chi connectivity index (χ2v) is 8.31. The molecule has 124 valence electrons. The number of nitrogens with zero attached hydrogens (tertiary/aromatic N) is 1. The van der Waals surface area contributed by atoms with Crippen LogP contribution in [0.1, 0.15) is 40.9 Å². The molecule has 1 fully saturated rings. The number of rotatable bonds is 3. The van der Waals surface area contributed by atoms with Crippen molar-refractivity contribution in [1.29, 1.82) is 0 Å². The Bertz CT molecular complexity index is 800. The van der Waals surface area contributed by atoms with Crippen molar-refractivity contribution in [1.82, 2.24) is 10.2 Å². The number of fused-ring (bicyclic) bond motifs is 3. The van der Waals surface area contributed by atoms with Crippen molar-refractivity contribution in [2.75, 3.05) is 0 Å². The maximum Gasteiger partial charge on any atom is 0.256 e. The largest absolute Gasteiger partial charge is 0.467 e. The molecule has 0 spiro atoms. The van der Waals surface area contributed by atoms with E-state index in [-0.39, 0.29) is 21.9 Å². The van der Waals surface area contributed by atoms with Crippen molar-refractivity contribution in [3.63, 3.8) is 0 Å². The number of furan rings is 1. The molecule has 2 atom stereocenters. The Kier molecular flexibility index (Phi) is 3.46. The number of amides is 2. The molecule has 1 saturated heterocycles. The molecule has 0 radical (unpaired) electrons. The van der Waals surface area contributed by atoms with Crippen LogP contribution in [-0.4, -0.2) is 27.5 Å². The van der Waals surface area contributed by atoms with Crippen LogP contribution in [0.4, 0.5) is 0 Å². The predicted molar refractivity (Wildman–Crippen MR) is 91.4 cm³/mol. The molecule has 1 aromatic heterocycles. The fraction of sp³-hybridized carbons (Fsp3) is 0.333. The van der Waals surface area contributed by atoms with E-state index in [0.717, 1.165) is 5.56 Å². The van der Waals surface area contributed by atoms with Crippen LogP contribution in [0.3, 0.4) is 0 Å². The highest BCUT2D eigenvalue weighted by atomic mass is 32.2. The lowest BCUT2D eigenvalue weighted by Gasteiger charge is -2.29. The third kappa shape index (κ3) is 2.24. The Balaban J connectivity index is 1.61. The summed E-state index contributed by atoms with van der Waals surface area (Å²) < 4.78 is 4.90. The van der Waals surface area contributed by atoms with Crippen molar-refractivity contribution in [3.8, 4) is 0 Å². The Labute approximate surface area is 144 Å². The summed E-state index contributed by atoms with van der Waals surface area (Å²) in [7, 11) is 0. The summed E-state index contributed by atoms with van der Waals surface area (Å²) in [4.78, 5) is 27.4. The number of carbonyl (C=O) groups is 2. The van der Waals surface area contributed by atoms with Gasteiger partial charge in [0.15, 0.2) is 0 Å². The average molecular weight is 342 g/mol. The molecule has 24 heavy (non-hydrogen) atoms. The van der Waals surface area contributed by atoms with E-state index in [2.05, 4.69) is 5.32 Å². The summed E-state index contributed by atoms with van der Waals surface area (Å²) in [6.07, 6.45) is 1.58. The molecule has 2 aromatic rings. The summed E-state index contributed by atoms with van der Waals surface area (Å²) in [5, 5.41) is 2.81. The zero-order chi connectivity index (χ0) is 16.9. The molecule has 1 aromatic carbocycles. The third-order valence-electron chi connectivity index (χ3n) is 4.56. The van der Waals surface area contributed by atoms with E-state index in [1.165, 1.54) is 0 Å². The number of benzene rings is 1. The van der Waals surface area contributed by atoms with Crippen molar-refractivity contribution < 1.29 is 14.0 Å². The van der Waals surface area contributed by atoms with Crippen LogP contribution in [-0.2, 0) is 11.3 Å². The molecule has 2 aliphatic rings. The van der Waals surface area contributed by atoms with Crippen molar-refractivity contribution in [2.45, 2.75) is 36.6 Å². The van der Waals surface area contributed by atoms with Crippen LogP contribution < -0.4 is 5.32 Å². The maximum atomic E-state index is 12.8. The number of hydrogen-bond donors (Lipinski definition) is 1. The fourth-order valence-corrected chi connectivity index (χ4v) is 5.08. The van der Waals surface area contributed by atoms with E-state index < -0.39 is 6.04 Å². The summed E-state index contributed by atoms with van der Waals surface area (Å²) in [6.45, 7) is 4.36. The number of carbonyl (C=O) groups excluding carboxylic acids is 2. The lowest BCUT2D eigenvalue weighted by atomic mass is 10.0. The van der Waals surface area contributed by atoms with Crippen LogP contribution >= 0.6 is 11.8 Å². The Hall–Kier alpha value is -2.21. The summed E-state index contributed by atoms with van der Waals surface area (Å²) in [6, 6.07) is 10.7. The first kappa shape index (κ1) is 15.3. The molecular weight excluding hydrogens is 324 g/mol. The molecule has 2 amide bonds. The molecule has 0 saturated carbocycles. The molecule has 6 heteroatoms. The van der Waals surface area contributed by atoms with Gasteiger partial charge >= 0.3 is 0 Å². The smallest absolute Gasteiger partial charge is 0.256 e. The minimum Gasteiger partial charge on any atom is -0.467 e.